The number of alkyl halides is 3. The Hall–Kier alpha value is -2.42. The van der Waals surface area contributed by atoms with Crippen LogP contribution in [0.1, 0.15) is 49.9 Å². The van der Waals surface area contributed by atoms with Gasteiger partial charge in [0, 0.05) is 62.9 Å². The summed E-state index contributed by atoms with van der Waals surface area (Å²) in [7, 11) is 0. The molecule has 31 heavy (non-hydrogen) atoms. The lowest BCUT2D eigenvalue weighted by Crippen LogP contribution is -2.50. The topological polar surface area (TPSA) is 62.7 Å². The summed E-state index contributed by atoms with van der Waals surface area (Å²) in [6.07, 6.45) is -1.17. The fourth-order valence-corrected chi connectivity index (χ4v) is 4.82. The third-order valence-electron chi connectivity index (χ3n) is 6.50. The molecule has 0 N–H and O–H groups in total. The Labute approximate surface area is 179 Å². The molecule has 0 unspecified atom stereocenters. The van der Waals surface area contributed by atoms with E-state index in [1.165, 1.54) is 4.90 Å². The van der Waals surface area contributed by atoms with E-state index in [2.05, 4.69) is 16.8 Å². The third-order valence-corrected chi connectivity index (χ3v) is 6.50. The van der Waals surface area contributed by atoms with Gasteiger partial charge in [-0.05, 0) is 31.5 Å². The van der Waals surface area contributed by atoms with Gasteiger partial charge in [0.2, 0.25) is 0 Å². The number of likely N-dealkylation sites (tertiary alicyclic amines) is 1. The predicted molar refractivity (Wildman–Crippen MR) is 106 cm³/mol. The largest absolute Gasteiger partial charge is 0.450 e. The van der Waals surface area contributed by atoms with Gasteiger partial charge in [0.1, 0.15) is 5.60 Å². The van der Waals surface area contributed by atoms with Crippen LogP contribution in [0.3, 0.4) is 0 Å². The molecular weight excluding hydrogens is 411 g/mol. The monoisotopic (exact) mass is 437 g/mol. The molecule has 0 radical (unpaired) electrons. The van der Waals surface area contributed by atoms with Crippen molar-refractivity contribution in [3.8, 4) is 0 Å². The summed E-state index contributed by atoms with van der Waals surface area (Å²) in [5, 5.41) is 0. The summed E-state index contributed by atoms with van der Waals surface area (Å²) in [4.78, 5) is 33.7. The second-order valence-electron chi connectivity index (χ2n) is 8.53. The van der Waals surface area contributed by atoms with Crippen LogP contribution in [0.4, 0.5) is 13.2 Å². The molecule has 1 spiro atoms. The molecule has 4 rings (SSSR count). The number of fused-ring (bicyclic) bond motifs is 1. The van der Waals surface area contributed by atoms with Crippen molar-refractivity contribution in [3.63, 3.8) is 0 Å². The standard InChI is InChI=1S/C22H26F3N3O3/c1-3-7-27-9-5-21(6-10-27)18(14(2)20(30)31-21)19(29)28-8-4-17-15(13-28)11-16(12-26-17)22(23,24)25/h11-12H,3-10,13H2,1-2H3. The Bertz CT molecular complexity index is 934. The summed E-state index contributed by atoms with van der Waals surface area (Å²) < 4.78 is 45.0. The highest BCUT2D eigenvalue weighted by molar-refractivity contribution is 6.07. The Balaban J connectivity index is 1.58. The Kier molecular flexibility index (Phi) is 5.57. The first-order chi connectivity index (χ1) is 14.6. The van der Waals surface area contributed by atoms with E-state index in [0.717, 1.165) is 38.3 Å². The number of ether oxygens (including phenoxy) is 1. The Morgan fingerprint density at radius 1 is 1.26 bits per heavy atom. The number of esters is 1. The van der Waals surface area contributed by atoms with Gasteiger partial charge in [0.25, 0.3) is 5.91 Å². The first-order valence-electron chi connectivity index (χ1n) is 10.7. The minimum Gasteiger partial charge on any atom is -0.450 e. The molecule has 0 aromatic carbocycles. The SMILES string of the molecule is CCCN1CCC2(CC1)OC(=O)C(C)=C2C(=O)N1CCc2ncc(C(F)(F)F)cc2C1. The van der Waals surface area contributed by atoms with Crippen LogP contribution in [0.25, 0.3) is 0 Å². The molecule has 1 aromatic rings. The van der Waals surface area contributed by atoms with Crippen LogP contribution in [0.2, 0.25) is 0 Å². The Morgan fingerprint density at radius 3 is 2.61 bits per heavy atom. The van der Waals surface area contributed by atoms with E-state index in [1.54, 1.807) is 6.92 Å². The molecule has 1 aromatic heterocycles. The average Bonchev–Trinajstić information content (AvgIpc) is 2.97. The van der Waals surface area contributed by atoms with Gasteiger partial charge < -0.3 is 14.5 Å². The normalized spacial score (nSPS) is 21.5. The number of carbonyl (C=O) groups excluding carboxylic acids is 2. The van der Waals surface area contributed by atoms with Crippen molar-refractivity contribution < 1.29 is 27.5 Å². The Morgan fingerprint density at radius 2 is 1.97 bits per heavy atom. The number of carbonyl (C=O) groups is 2. The number of aromatic nitrogens is 1. The maximum atomic E-state index is 13.5. The third kappa shape index (κ3) is 3.95. The summed E-state index contributed by atoms with van der Waals surface area (Å²) >= 11 is 0. The van der Waals surface area contributed by atoms with Crippen LogP contribution in [0, 0.1) is 0 Å². The molecular formula is C22H26F3N3O3. The smallest absolute Gasteiger partial charge is 0.417 e. The highest BCUT2D eigenvalue weighted by Gasteiger charge is 2.51. The summed E-state index contributed by atoms with van der Waals surface area (Å²) in [5.41, 5.74) is -0.114. The van der Waals surface area contributed by atoms with E-state index < -0.39 is 23.3 Å². The zero-order valence-electron chi connectivity index (χ0n) is 17.7. The number of hydrogen-bond donors (Lipinski definition) is 0. The van der Waals surface area contributed by atoms with Gasteiger partial charge in [-0.3, -0.25) is 9.78 Å². The molecule has 1 fully saturated rings. The lowest BCUT2D eigenvalue weighted by Gasteiger charge is -2.40. The van der Waals surface area contributed by atoms with Crippen molar-refractivity contribution >= 4 is 11.9 Å². The van der Waals surface area contributed by atoms with Crippen molar-refractivity contribution in [2.45, 2.75) is 57.9 Å². The lowest BCUT2D eigenvalue weighted by atomic mass is 9.82. The fraction of sp³-hybridized carbons (Fsp3) is 0.591. The highest BCUT2D eigenvalue weighted by atomic mass is 19.4. The van der Waals surface area contributed by atoms with Crippen LogP contribution in [0.15, 0.2) is 23.4 Å². The van der Waals surface area contributed by atoms with E-state index in [4.69, 9.17) is 4.74 Å². The molecule has 0 bridgehead atoms. The van der Waals surface area contributed by atoms with E-state index in [-0.39, 0.29) is 12.5 Å². The number of amides is 1. The molecule has 0 saturated carbocycles. The van der Waals surface area contributed by atoms with Crippen LogP contribution < -0.4 is 0 Å². The molecule has 0 aliphatic carbocycles. The quantitative estimate of drug-likeness (QED) is 0.680. The number of halogens is 3. The van der Waals surface area contributed by atoms with Gasteiger partial charge in [-0.2, -0.15) is 13.2 Å². The van der Waals surface area contributed by atoms with Crippen LogP contribution in [-0.2, 0) is 33.5 Å². The number of hydrogen-bond acceptors (Lipinski definition) is 5. The molecule has 1 saturated heterocycles. The van der Waals surface area contributed by atoms with Gasteiger partial charge >= 0.3 is 12.1 Å². The maximum Gasteiger partial charge on any atom is 0.417 e. The molecule has 3 aliphatic rings. The minimum absolute atomic E-state index is 0.0358. The van der Waals surface area contributed by atoms with E-state index in [1.807, 2.05) is 0 Å². The molecule has 6 nitrogen and oxygen atoms in total. The maximum absolute atomic E-state index is 13.5. The van der Waals surface area contributed by atoms with Gasteiger partial charge in [0.05, 0.1) is 11.1 Å². The van der Waals surface area contributed by atoms with Crippen LogP contribution in [0.5, 0.6) is 0 Å². The van der Waals surface area contributed by atoms with Crippen molar-refractivity contribution in [1.29, 1.82) is 0 Å². The number of piperidine rings is 1. The van der Waals surface area contributed by atoms with Gasteiger partial charge in [-0.1, -0.05) is 6.92 Å². The van der Waals surface area contributed by atoms with Crippen molar-refractivity contribution in [2.24, 2.45) is 0 Å². The van der Waals surface area contributed by atoms with Crippen LogP contribution in [-0.4, -0.2) is 58.4 Å². The van der Waals surface area contributed by atoms with E-state index in [9.17, 15) is 22.8 Å². The van der Waals surface area contributed by atoms with Crippen LogP contribution >= 0.6 is 0 Å². The average molecular weight is 437 g/mol. The first-order valence-corrected chi connectivity index (χ1v) is 10.7. The fourth-order valence-electron chi connectivity index (χ4n) is 4.82. The molecule has 9 heteroatoms. The lowest BCUT2D eigenvalue weighted by molar-refractivity contribution is -0.151. The van der Waals surface area contributed by atoms with Crippen molar-refractivity contribution in [3.05, 3.63) is 40.2 Å². The first kappa shape index (κ1) is 21.8. The molecule has 0 atom stereocenters. The van der Waals surface area contributed by atoms with Gasteiger partial charge in [0.15, 0.2) is 0 Å². The molecule has 4 heterocycles. The number of pyridine rings is 1. The molecule has 168 valence electrons. The summed E-state index contributed by atoms with van der Waals surface area (Å²) in [5.74, 6) is -0.805. The highest BCUT2D eigenvalue weighted by Crippen LogP contribution is 2.42. The summed E-state index contributed by atoms with van der Waals surface area (Å²) in [6.45, 7) is 6.49. The zero-order chi connectivity index (χ0) is 22.4. The second-order valence-corrected chi connectivity index (χ2v) is 8.53. The zero-order valence-corrected chi connectivity index (χ0v) is 17.7. The van der Waals surface area contributed by atoms with Gasteiger partial charge in [-0.25, -0.2) is 4.79 Å². The predicted octanol–water partition coefficient (Wildman–Crippen LogP) is 3.10. The van der Waals surface area contributed by atoms with Gasteiger partial charge in [-0.15, -0.1) is 0 Å². The van der Waals surface area contributed by atoms with E-state index in [0.29, 0.717) is 48.2 Å². The molecule has 1 amide bonds. The number of rotatable bonds is 3. The van der Waals surface area contributed by atoms with Crippen molar-refractivity contribution in [2.75, 3.05) is 26.2 Å². The number of nitrogens with zero attached hydrogens (tertiary/aromatic N) is 3. The molecule has 3 aliphatic heterocycles. The van der Waals surface area contributed by atoms with Crippen molar-refractivity contribution in [1.82, 2.24) is 14.8 Å². The second kappa shape index (κ2) is 7.93. The van der Waals surface area contributed by atoms with E-state index >= 15 is 0 Å². The summed E-state index contributed by atoms with van der Waals surface area (Å²) in [6, 6.07) is 1.07. The minimum atomic E-state index is -4.49.